The van der Waals surface area contributed by atoms with Gasteiger partial charge in [-0.05, 0) is 62.1 Å². The summed E-state index contributed by atoms with van der Waals surface area (Å²) in [5, 5.41) is 3.03. The number of amides is 1. The second-order valence-corrected chi connectivity index (χ2v) is 9.56. The van der Waals surface area contributed by atoms with Crippen molar-refractivity contribution in [3.8, 4) is 5.75 Å². The molecule has 1 atom stereocenters. The van der Waals surface area contributed by atoms with Gasteiger partial charge in [-0.3, -0.25) is 4.79 Å². The van der Waals surface area contributed by atoms with Crippen LogP contribution in [-0.2, 0) is 21.2 Å². The molecule has 6 nitrogen and oxygen atoms in total. The van der Waals surface area contributed by atoms with E-state index in [0.717, 1.165) is 21.0 Å². The average molecular weight is 419 g/mol. The van der Waals surface area contributed by atoms with E-state index >= 15 is 0 Å². The highest BCUT2D eigenvalue weighted by Crippen LogP contribution is 2.25. The molecule has 7 heteroatoms. The van der Waals surface area contributed by atoms with Gasteiger partial charge in [-0.2, -0.15) is 0 Å². The van der Waals surface area contributed by atoms with Gasteiger partial charge in [0.05, 0.1) is 18.0 Å². The summed E-state index contributed by atoms with van der Waals surface area (Å²) in [6, 6.07) is 10.8. The van der Waals surface area contributed by atoms with Crippen molar-refractivity contribution < 1.29 is 17.9 Å². The first kappa shape index (κ1) is 22.9. The first-order valence-corrected chi connectivity index (χ1v) is 11.0. The van der Waals surface area contributed by atoms with Crippen LogP contribution in [0, 0.1) is 13.8 Å². The molecule has 2 aromatic carbocycles. The molecule has 2 aromatic rings. The maximum atomic E-state index is 12.5. The van der Waals surface area contributed by atoms with Gasteiger partial charge in [-0.15, -0.1) is 0 Å². The number of aryl methyl sites for hydroxylation is 3. The molecular formula is C22H30N2O4S. The third-order valence-corrected chi connectivity index (χ3v) is 6.74. The lowest BCUT2D eigenvalue weighted by Crippen LogP contribution is -2.27. The SMILES string of the molecule is COc1ccc(S(=O)(=O)N(C)C)cc1CCC(=O)N[C@H](C)c1cc(C)ccc1C. The summed E-state index contributed by atoms with van der Waals surface area (Å²) in [5.74, 6) is 0.472. The minimum atomic E-state index is -3.55. The molecule has 0 radical (unpaired) electrons. The van der Waals surface area contributed by atoms with E-state index in [4.69, 9.17) is 4.74 Å². The molecule has 1 N–H and O–H groups in total. The van der Waals surface area contributed by atoms with Gasteiger partial charge in [0.2, 0.25) is 15.9 Å². The standard InChI is InChI=1S/C22H30N2O4S/c1-15-7-8-16(2)20(13-15)17(3)23-22(25)12-9-18-14-19(10-11-21(18)28-6)29(26,27)24(4)5/h7-8,10-11,13-14,17H,9,12H2,1-6H3,(H,23,25)/t17-/m1/s1. The molecule has 1 amide bonds. The molecule has 158 valence electrons. The number of carbonyl (C=O) groups is 1. The Bertz CT molecular complexity index is 984. The molecule has 0 aliphatic carbocycles. The molecule has 0 bridgehead atoms. The van der Waals surface area contributed by atoms with Crippen molar-refractivity contribution in [3.05, 3.63) is 58.7 Å². The van der Waals surface area contributed by atoms with Gasteiger partial charge in [0.15, 0.2) is 0 Å². The fourth-order valence-corrected chi connectivity index (χ4v) is 4.14. The van der Waals surface area contributed by atoms with E-state index in [1.807, 2.05) is 20.8 Å². The lowest BCUT2D eigenvalue weighted by molar-refractivity contribution is -0.121. The summed E-state index contributed by atoms with van der Waals surface area (Å²) >= 11 is 0. The molecule has 0 aromatic heterocycles. The van der Waals surface area contributed by atoms with Crippen molar-refractivity contribution in [2.45, 2.75) is 44.6 Å². The first-order valence-electron chi connectivity index (χ1n) is 9.52. The van der Waals surface area contributed by atoms with Crippen molar-refractivity contribution >= 4 is 15.9 Å². The van der Waals surface area contributed by atoms with E-state index in [-0.39, 0.29) is 23.3 Å². The molecule has 0 fully saturated rings. The summed E-state index contributed by atoms with van der Waals surface area (Å²) in [6.07, 6.45) is 0.613. The van der Waals surface area contributed by atoms with Crippen molar-refractivity contribution in [2.75, 3.05) is 21.2 Å². The normalized spacial score (nSPS) is 12.7. The van der Waals surface area contributed by atoms with E-state index in [1.54, 1.807) is 12.1 Å². The zero-order chi connectivity index (χ0) is 21.8. The summed E-state index contributed by atoms with van der Waals surface area (Å²) in [6.45, 7) is 6.02. The van der Waals surface area contributed by atoms with E-state index < -0.39 is 10.0 Å². The van der Waals surface area contributed by atoms with Crippen LogP contribution in [0.3, 0.4) is 0 Å². The molecule has 29 heavy (non-hydrogen) atoms. The Morgan fingerprint density at radius 1 is 1.14 bits per heavy atom. The number of rotatable bonds is 8. The summed E-state index contributed by atoms with van der Waals surface area (Å²) in [4.78, 5) is 12.7. The van der Waals surface area contributed by atoms with Crippen molar-refractivity contribution in [1.82, 2.24) is 9.62 Å². The fourth-order valence-electron chi connectivity index (χ4n) is 3.19. The van der Waals surface area contributed by atoms with Crippen LogP contribution in [0.1, 0.15) is 41.6 Å². The maximum Gasteiger partial charge on any atom is 0.242 e. The Kier molecular flexibility index (Phi) is 7.43. The molecule has 0 heterocycles. The van der Waals surface area contributed by atoms with Gasteiger partial charge in [0.1, 0.15) is 5.75 Å². The van der Waals surface area contributed by atoms with Gasteiger partial charge in [0.25, 0.3) is 0 Å². The number of hydrogen-bond donors (Lipinski definition) is 1. The highest BCUT2D eigenvalue weighted by molar-refractivity contribution is 7.89. The Balaban J connectivity index is 2.12. The minimum absolute atomic E-state index is 0.0960. The van der Waals surface area contributed by atoms with Crippen molar-refractivity contribution in [2.24, 2.45) is 0 Å². The van der Waals surface area contributed by atoms with Crippen LogP contribution in [0.15, 0.2) is 41.3 Å². The highest BCUT2D eigenvalue weighted by atomic mass is 32.2. The number of methoxy groups -OCH3 is 1. The van der Waals surface area contributed by atoms with E-state index in [0.29, 0.717) is 17.7 Å². The number of nitrogens with one attached hydrogen (secondary N) is 1. The maximum absolute atomic E-state index is 12.5. The Morgan fingerprint density at radius 3 is 2.45 bits per heavy atom. The van der Waals surface area contributed by atoms with Gasteiger partial charge in [-0.1, -0.05) is 23.8 Å². The second-order valence-electron chi connectivity index (χ2n) is 7.41. The van der Waals surface area contributed by atoms with E-state index in [9.17, 15) is 13.2 Å². The van der Waals surface area contributed by atoms with Gasteiger partial charge in [0, 0.05) is 20.5 Å². The third-order valence-electron chi connectivity index (χ3n) is 4.93. The number of benzene rings is 2. The highest BCUT2D eigenvalue weighted by Gasteiger charge is 2.20. The first-order chi connectivity index (χ1) is 13.6. The zero-order valence-corrected chi connectivity index (χ0v) is 18.8. The predicted molar refractivity (Wildman–Crippen MR) is 115 cm³/mol. The summed E-state index contributed by atoms with van der Waals surface area (Å²) in [5.41, 5.74) is 4.06. The monoisotopic (exact) mass is 418 g/mol. The number of carbonyl (C=O) groups excluding carboxylic acids is 1. The molecule has 0 spiro atoms. The zero-order valence-electron chi connectivity index (χ0n) is 17.9. The number of hydrogen-bond acceptors (Lipinski definition) is 4. The van der Waals surface area contributed by atoms with Crippen molar-refractivity contribution in [1.29, 1.82) is 0 Å². The summed E-state index contributed by atoms with van der Waals surface area (Å²) < 4.78 is 31.3. The van der Waals surface area contributed by atoms with Crippen LogP contribution in [-0.4, -0.2) is 39.8 Å². The third kappa shape index (κ3) is 5.58. The molecule has 0 aliphatic rings. The minimum Gasteiger partial charge on any atom is -0.496 e. The Morgan fingerprint density at radius 2 is 1.83 bits per heavy atom. The van der Waals surface area contributed by atoms with Crippen LogP contribution in [0.5, 0.6) is 5.75 Å². The van der Waals surface area contributed by atoms with Crippen LogP contribution in [0.25, 0.3) is 0 Å². The number of nitrogens with zero attached hydrogens (tertiary/aromatic N) is 1. The Hall–Kier alpha value is -2.38. The van der Waals surface area contributed by atoms with Crippen LogP contribution in [0.2, 0.25) is 0 Å². The predicted octanol–water partition coefficient (Wildman–Crippen LogP) is 3.37. The fraction of sp³-hybridized carbons (Fsp3) is 0.409. The van der Waals surface area contributed by atoms with Crippen molar-refractivity contribution in [3.63, 3.8) is 0 Å². The van der Waals surface area contributed by atoms with Gasteiger partial charge < -0.3 is 10.1 Å². The smallest absolute Gasteiger partial charge is 0.242 e. The van der Waals surface area contributed by atoms with E-state index in [2.05, 4.69) is 23.5 Å². The molecule has 2 rings (SSSR count). The number of ether oxygens (including phenoxy) is 1. The topological polar surface area (TPSA) is 75.7 Å². The summed E-state index contributed by atoms with van der Waals surface area (Å²) in [7, 11) is 0.955. The van der Waals surface area contributed by atoms with Gasteiger partial charge >= 0.3 is 0 Å². The molecule has 0 saturated heterocycles. The number of sulfonamides is 1. The molecular weight excluding hydrogens is 388 g/mol. The molecule has 0 aliphatic heterocycles. The average Bonchev–Trinajstić information content (AvgIpc) is 2.67. The second kappa shape index (κ2) is 9.41. The largest absolute Gasteiger partial charge is 0.496 e. The van der Waals surface area contributed by atoms with Crippen LogP contribution < -0.4 is 10.1 Å². The van der Waals surface area contributed by atoms with E-state index in [1.165, 1.54) is 27.3 Å². The quantitative estimate of drug-likeness (QED) is 0.713. The molecule has 0 saturated carbocycles. The van der Waals surface area contributed by atoms with Crippen LogP contribution in [0.4, 0.5) is 0 Å². The lowest BCUT2D eigenvalue weighted by Gasteiger charge is -2.18. The molecule has 0 unspecified atom stereocenters. The Labute approximate surface area is 173 Å². The van der Waals surface area contributed by atoms with Crippen LogP contribution >= 0.6 is 0 Å². The lowest BCUT2D eigenvalue weighted by atomic mass is 9.99. The van der Waals surface area contributed by atoms with Gasteiger partial charge in [-0.25, -0.2) is 12.7 Å².